The summed E-state index contributed by atoms with van der Waals surface area (Å²) < 4.78 is 29.8. The van der Waals surface area contributed by atoms with Crippen LogP contribution in [0.15, 0.2) is 72.8 Å². The molecule has 0 spiro atoms. The fourth-order valence-corrected chi connectivity index (χ4v) is 5.17. The standard InChI is InChI=1S/C30H31F2N3O/c31-23-10-13-25(14-11-23)35-28-15-12-24(32)20-26(28)27-21-34(19-16-29(27)35)18-7-2-1-6-17-33-30(36)22-8-4-3-5-9-22/h3-5,8-15,20H,1-2,6-7,16-19,21H2,(H,33,36). The average Bonchev–Trinajstić information content (AvgIpc) is 3.22. The maximum atomic E-state index is 14.2. The summed E-state index contributed by atoms with van der Waals surface area (Å²) in [4.78, 5) is 14.5. The summed E-state index contributed by atoms with van der Waals surface area (Å²) in [6.07, 6.45) is 5.11. The Bertz CT molecular complexity index is 1330. The van der Waals surface area contributed by atoms with E-state index >= 15 is 0 Å². The molecule has 5 rings (SSSR count). The first-order valence-corrected chi connectivity index (χ1v) is 12.7. The molecule has 4 aromatic rings. The van der Waals surface area contributed by atoms with Gasteiger partial charge in [-0.05, 0) is 79.5 Å². The second-order valence-electron chi connectivity index (χ2n) is 9.46. The second kappa shape index (κ2) is 11.0. The lowest BCUT2D eigenvalue weighted by Crippen LogP contribution is -2.31. The molecule has 0 aliphatic carbocycles. The zero-order valence-electron chi connectivity index (χ0n) is 20.4. The summed E-state index contributed by atoms with van der Waals surface area (Å²) in [5.41, 5.74) is 4.92. The summed E-state index contributed by atoms with van der Waals surface area (Å²) in [7, 11) is 0. The van der Waals surface area contributed by atoms with Gasteiger partial charge in [0.25, 0.3) is 5.91 Å². The van der Waals surface area contributed by atoms with Gasteiger partial charge in [-0.25, -0.2) is 8.78 Å². The Morgan fingerprint density at radius 1 is 0.861 bits per heavy atom. The fourth-order valence-electron chi connectivity index (χ4n) is 5.17. The lowest BCUT2D eigenvalue weighted by atomic mass is 10.0. The maximum absolute atomic E-state index is 14.2. The highest BCUT2D eigenvalue weighted by Crippen LogP contribution is 2.34. The molecule has 36 heavy (non-hydrogen) atoms. The molecule has 4 nitrogen and oxygen atoms in total. The molecule has 0 atom stereocenters. The molecule has 6 heteroatoms. The highest BCUT2D eigenvalue weighted by molar-refractivity contribution is 5.94. The summed E-state index contributed by atoms with van der Waals surface area (Å²) in [6.45, 7) is 3.42. The first kappa shape index (κ1) is 24.2. The van der Waals surface area contributed by atoms with Gasteiger partial charge in [0.05, 0.1) is 5.52 Å². The van der Waals surface area contributed by atoms with Crippen molar-refractivity contribution in [2.75, 3.05) is 19.6 Å². The van der Waals surface area contributed by atoms with Gasteiger partial charge < -0.3 is 9.88 Å². The molecule has 186 valence electrons. The van der Waals surface area contributed by atoms with Crippen molar-refractivity contribution in [1.82, 2.24) is 14.8 Å². The minimum absolute atomic E-state index is 0.0176. The number of hydrogen-bond acceptors (Lipinski definition) is 2. The number of unbranched alkanes of at least 4 members (excludes halogenated alkanes) is 3. The van der Waals surface area contributed by atoms with Crippen molar-refractivity contribution >= 4 is 16.8 Å². The van der Waals surface area contributed by atoms with E-state index in [1.54, 1.807) is 18.2 Å². The number of rotatable bonds is 9. The van der Waals surface area contributed by atoms with E-state index in [9.17, 15) is 13.6 Å². The van der Waals surface area contributed by atoms with Crippen LogP contribution in [0, 0.1) is 11.6 Å². The van der Waals surface area contributed by atoms with Crippen molar-refractivity contribution in [2.24, 2.45) is 0 Å². The molecule has 1 N–H and O–H groups in total. The van der Waals surface area contributed by atoms with Crippen LogP contribution < -0.4 is 5.32 Å². The normalized spacial score (nSPS) is 13.6. The summed E-state index contributed by atoms with van der Waals surface area (Å²) >= 11 is 0. The van der Waals surface area contributed by atoms with Gasteiger partial charge in [0.15, 0.2) is 0 Å². The smallest absolute Gasteiger partial charge is 0.251 e. The van der Waals surface area contributed by atoms with Crippen molar-refractivity contribution in [3.8, 4) is 5.69 Å². The van der Waals surface area contributed by atoms with Crippen LogP contribution in [0.4, 0.5) is 8.78 Å². The van der Waals surface area contributed by atoms with E-state index in [4.69, 9.17) is 0 Å². The summed E-state index contributed by atoms with van der Waals surface area (Å²) in [6, 6.07) is 20.8. The van der Waals surface area contributed by atoms with E-state index < -0.39 is 0 Å². The van der Waals surface area contributed by atoms with Gasteiger partial charge in [0.1, 0.15) is 11.6 Å². The van der Waals surface area contributed by atoms with E-state index in [2.05, 4.69) is 14.8 Å². The Morgan fingerprint density at radius 3 is 2.42 bits per heavy atom. The molecule has 1 aliphatic heterocycles. The Kier molecular flexibility index (Phi) is 7.42. The van der Waals surface area contributed by atoms with Gasteiger partial charge >= 0.3 is 0 Å². The zero-order chi connectivity index (χ0) is 24.9. The Labute approximate surface area is 210 Å². The number of amides is 1. The molecule has 0 radical (unpaired) electrons. The highest BCUT2D eigenvalue weighted by Gasteiger charge is 2.24. The summed E-state index contributed by atoms with van der Waals surface area (Å²) in [5, 5.41) is 3.93. The van der Waals surface area contributed by atoms with Crippen LogP contribution in [-0.2, 0) is 13.0 Å². The predicted molar refractivity (Wildman–Crippen MR) is 139 cm³/mol. The zero-order valence-corrected chi connectivity index (χ0v) is 20.4. The van der Waals surface area contributed by atoms with Crippen molar-refractivity contribution in [3.63, 3.8) is 0 Å². The van der Waals surface area contributed by atoms with Crippen LogP contribution in [0.2, 0.25) is 0 Å². The monoisotopic (exact) mass is 487 g/mol. The van der Waals surface area contributed by atoms with Crippen LogP contribution in [0.5, 0.6) is 0 Å². The first-order valence-electron chi connectivity index (χ1n) is 12.7. The first-order chi connectivity index (χ1) is 17.6. The van der Waals surface area contributed by atoms with Gasteiger partial charge in [0.2, 0.25) is 0 Å². The van der Waals surface area contributed by atoms with Gasteiger partial charge in [-0.3, -0.25) is 9.69 Å². The third-order valence-corrected chi connectivity index (χ3v) is 7.00. The topological polar surface area (TPSA) is 37.3 Å². The number of aromatic nitrogens is 1. The van der Waals surface area contributed by atoms with E-state index in [1.807, 2.05) is 36.4 Å². The number of nitrogens with zero attached hydrogens (tertiary/aromatic N) is 2. The Morgan fingerprint density at radius 2 is 1.61 bits per heavy atom. The fraction of sp³-hybridized carbons (Fsp3) is 0.300. The highest BCUT2D eigenvalue weighted by atomic mass is 19.1. The molecule has 0 saturated carbocycles. The van der Waals surface area contributed by atoms with Crippen LogP contribution in [0.1, 0.15) is 47.3 Å². The SMILES string of the molecule is O=C(NCCCCCCN1CCc2c(c3cc(F)ccc3n2-c2ccc(F)cc2)C1)c1ccccc1. The van der Waals surface area contributed by atoms with Crippen LogP contribution in [-0.4, -0.2) is 35.0 Å². The minimum Gasteiger partial charge on any atom is -0.352 e. The van der Waals surface area contributed by atoms with E-state index in [1.165, 1.54) is 29.5 Å². The quantitative estimate of drug-likeness (QED) is 0.283. The number of carbonyl (C=O) groups is 1. The number of hydrogen-bond donors (Lipinski definition) is 1. The number of fused-ring (bicyclic) bond motifs is 3. The van der Waals surface area contributed by atoms with Crippen molar-refractivity contribution < 1.29 is 13.6 Å². The number of nitrogens with one attached hydrogen (secondary N) is 1. The lowest BCUT2D eigenvalue weighted by molar-refractivity contribution is 0.0953. The van der Waals surface area contributed by atoms with Crippen LogP contribution >= 0.6 is 0 Å². The lowest BCUT2D eigenvalue weighted by Gasteiger charge is -2.28. The molecular weight excluding hydrogens is 456 g/mol. The number of carbonyl (C=O) groups excluding carboxylic acids is 1. The molecule has 2 heterocycles. The number of benzene rings is 3. The Balaban J connectivity index is 1.16. The number of halogens is 2. The molecule has 0 fully saturated rings. The molecular formula is C30H31F2N3O. The van der Waals surface area contributed by atoms with Gasteiger partial charge in [0, 0.05) is 48.4 Å². The Hall–Kier alpha value is -3.51. The largest absolute Gasteiger partial charge is 0.352 e. The van der Waals surface area contributed by atoms with Crippen molar-refractivity contribution in [1.29, 1.82) is 0 Å². The maximum Gasteiger partial charge on any atom is 0.251 e. The van der Waals surface area contributed by atoms with E-state index in [0.29, 0.717) is 12.1 Å². The van der Waals surface area contributed by atoms with Gasteiger partial charge in [-0.15, -0.1) is 0 Å². The molecule has 1 aliphatic rings. The molecule has 0 unspecified atom stereocenters. The molecule has 1 aromatic heterocycles. The molecule has 0 saturated heterocycles. The van der Waals surface area contributed by atoms with Crippen molar-refractivity contribution in [2.45, 2.75) is 38.6 Å². The van der Waals surface area contributed by atoms with Crippen LogP contribution in [0.25, 0.3) is 16.6 Å². The van der Waals surface area contributed by atoms with Gasteiger partial charge in [-0.1, -0.05) is 31.0 Å². The predicted octanol–water partition coefficient (Wildman–Crippen LogP) is 6.26. The van der Waals surface area contributed by atoms with Crippen LogP contribution in [0.3, 0.4) is 0 Å². The molecule has 0 bridgehead atoms. The second-order valence-corrected chi connectivity index (χ2v) is 9.46. The third kappa shape index (κ3) is 5.34. The van der Waals surface area contributed by atoms with E-state index in [-0.39, 0.29) is 17.5 Å². The van der Waals surface area contributed by atoms with Gasteiger partial charge in [-0.2, -0.15) is 0 Å². The molecule has 3 aromatic carbocycles. The molecule has 1 amide bonds. The average molecular weight is 488 g/mol. The van der Waals surface area contributed by atoms with Crippen molar-refractivity contribution in [3.05, 3.63) is 101 Å². The minimum atomic E-state index is -0.264. The van der Waals surface area contributed by atoms with E-state index in [0.717, 1.165) is 68.3 Å². The summed E-state index contributed by atoms with van der Waals surface area (Å²) in [5.74, 6) is -0.520. The third-order valence-electron chi connectivity index (χ3n) is 7.00.